The highest BCUT2D eigenvalue weighted by atomic mass is 35.5. The van der Waals surface area contributed by atoms with Crippen molar-refractivity contribution in [1.82, 2.24) is 15.5 Å². The van der Waals surface area contributed by atoms with E-state index in [9.17, 15) is 14.3 Å². The first-order valence-corrected chi connectivity index (χ1v) is 7.53. The molecule has 3 N–H and O–H groups in total. The lowest BCUT2D eigenvalue weighted by molar-refractivity contribution is 0.0587. The lowest BCUT2D eigenvalue weighted by atomic mass is 9.89. The van der Waals surface area contributed by atoms with E-state index in [2.05, 4.69) is 15.5 Å². The minimum atomic E-state index is -0.679. The van der Waals surface area contributed by atoms with E-state index in [1.54, 1.807) is 0 Å². The number of hydrogen-bond donors (Lipinski definition) is 3. The summed E-state index contributed by atoms with van der Waals surface area (Å²) in [5.74, 6) is -0.910. The molecule has 1 unspecified atom stereocenters. The molecule has 5 nitrogen and oxygen atoms in total. The standard InChI is InChI=1S/C16H19ClFN3O2/c1-16(2,3)13(22)8-19-15(23)10-7-20-21-14(10)9-4-5-12(18)11(17)6-9/h4-7,13,22H,8H2,1-3H3,(H,19,23)(H,20,21). The molecule has 1 aromatic heterocycles. The van der Waals surface area contributed by atoms with Crippen molar-refractivity contribution in [2.45, 2.75) is 26.9 Å². The number of aromatic nitrogens is 2. The van der Waals surface area contributed by atoms with Crippen LogP contribution >= 0.6 is 11.6 Å². The van der Waals surface area contributed by atoms with Crippen LogP contribution in [0.4, 0.5) is 4.39 Å². The minimum absolute atomic E-state index is 0.0355. The molecule has 2 rings (SSSR count). The zero-order valence-corrected chi connectivity index (χ0v) is 13.9. The Bertz CT molecular complexity index is 710. The van der Waals surface area contributed by atoms with Crippen molar-refractivity contribution in [1.29, 1.82) is 0 Å². The van der Waals surface area contributed by atoms with Crippen molar-refractivity contribution in [3.8, 4) is 11.3 Å². The Kier molecular flexibility index (Phi) is 5.06. The SMILES string of the molecule is CC(C)(C)C(O)CNC(=O)c1cn[nH]c1-c1ccc(F)c(Cl)c1. The number of benzene rings is 1. The summed E-state index contributed by atoms with van der Waals surface area (Å²) in [7, 11) is 0. The van der Waals surface area contributed by atoms with Gasteiger partial charge >= 0.3 is 0 Å². The second-order valence-corrected chi connectivity index (χ2v) is 6.79. The molecule has 2 aromatic rings. The number of nitrogens with zero attached hydrogens (tertiary/aromatic N) is 1. The molecule has 1 aromatic carbocycles. The van der Waals surface area contributed by atoms with Crippen molar-refractivity contribution in [2.75, 3.05) is 6.54 Å². The molecule has 0 aliphatic carbocycles. The zero-order valence-electron chi connectivity index (χ0n) is 13.2. The molecule has 0 radical (unpaired) electrons. The average molecular weight is 340 g/mol. The van der Waals surface area contributed by atoms with Crippen LogP contribution in [0.15, 0.2) is 24.4 Å². The Morgan fingerprint density at radius 1 is 1.48 bits per heavy atom. The number of aromatic amines is 1. The molecular weight excluding hydrogens is 321 g/mol. The summed E-state index contributed by atoms with van der Waals surface area (Å²) in [5, 5.41) is 19.2. The zero-order chi connectivity index (χ0) is 17.2. The molecule has 0 spiro atoms. The number of carbonyl (C=O) groups is 1. The summed E-state index contributed by atoms with van der Waals surface area (Å²) >= 11 is 5.77. The van der Waals surface area contributed by atoms with Crippen molar-refractivity contribution in [3.05, 3.63) is 40.8 Å². The van der Waals surface area contributed by atoms with E-state index in [1.807, 2.05) is 20.8 Å². The lowest BCUT2D eigenvalue weighted by Crippen LogP contribution is -2.39. The van der Waals surface area contributed by atoms with Crippen LogP contribution in [0.1, 0.15) is 31.1 Å². The molecule has 7 heteroatoms. The van der Waals surface area contributed by atoms with Crippen molar-refractivity contribution < 1.29 is 14.3 Å². The van der Waals surface area contributed by atoms with Gasteiger partial charge in [-0.25, -0.2) is 4.39 Å². The van der Waals surface area contributed by atoms with Gasteiger partial charge in [0.2, 0.25) is 0 Å². The van der Waals surface area contributed by atoms with E-state index in [0.29, 0.717) is 16.8 Å². The van der Waals surface area contributed by atoms with Gasteiger partial charge in [0.1, 0.15) is 5.82 Å². The smallest absolute Gasteiger partial charge is 0.255 e. The average Bonchev–Trinajstić information content (AvgIpc) is 2.95. The lowest BCUT2D eigenvalue weighted by Gasteiger charge is -2.25. The van der Waals surface area contributed by atoms with Gasteiger partial charge in [0.25, 0.3) is 5.91 Å². The molecule has 0 fully saturated rings. The summed E-state index contributed by atoms with van der Waals surface area (Å²) < 4.78 is 13.3. The number of H-pyrrole nitrogens is 1. The molecule has 0 aliphatic heterocycles. The quantitative estimate of drug-likeness (QED) is 0.801. The normalized spacial score (nSPS) is 13.0. The number of nitrogens with one attached hydrogen (secondary N) is 2. The van der Waals surface area contributed by atoms with Gasteiger partial charge in [-0.3, -0.25) is 9.89 Å². The predicted molar refractivity (Wildman–Crippen MR) is 86.8 cm³/mol. The molecule has 0 saturated heterocycles. The Morgan fingerprint density at radius 3 is 2.78 bits per heavy atom. The highest BCUT2D eigenvalue weighted by Gasteiger charge is 2.23. The number of aliphatic hydroxyl groups excluding tert-OH is 1. The summed E-state index contributed by atoms with van der Waals surface area (Å²) in [6, 6.07) is 4.16. The first kappa shape index (κ1) is 17.4. The van der Waals surface area contributed by atoms with Crippen LogP contribution in [0.3, 0.4) is 0 Å². The van der Waals surface area contributed by atoms with Crippen LogP contribution in [0.2, 0.25) is 5.02 Å². The van der Waals surface area contributed by atoms with E-state index in [4.69, 9.17) is 11.6 Å². The molecule has 1 amide bonds. The number of halogens is 2. The Labute approximate surface area is 138 Å². The maximum absolute atomic E-state index is 13.3. The van der Waals surface area contributed by atoms with Gasteiger partial charge in [0.05, 0.1) is 28.6 Å². The molecular formula is C16H19ClFN3O2. The number of aliphatic hydroxyl groups is 1. The van der Waals surface area contributed by atoms with Crippen LogP contribution in [0.5, 0.6) is 0 Å². The molecule has 0 saturated carbocycles. The second kappa shape index (κ2) is 6.68. The van der Waals surface area contributed by atoms with Gasteiger partial charge in [-0.2, -0.15) is 5.10 Å². The van der Waals surface area contributed by atoms with Gasteiger partial charge in [-0.15, -0.1) is 0 Å². The summed E-state index contributed by atoms with van der Waals surface area (Å²) in [6.45, 7) is 5.77. The first-order valence-electron chi connectivity index (χ1n) is 7.15. The van der Waals surface area contributed by atoms with Crippen molar-refractivity contribution >= 4 is 17.5 Å². The number of carbonyl (C=O) groups excluding carboxylic acids is 1. The molecule has 0 bridgehead atoms. The predicted octanol–water partition coefficient (Wildman–Crippen LogP) is 3.01. The highest BCUT2D eigenvalue weighted by Crippen LogP contribution is 2.26. The van der Waals surface area contributed by atoms with Gasteiger partial charge in [-0.05, 0) is 23.6 Å². The number of hydrogen-bond acceptors (Lipinski definition) is 3. The monoisotopic (exact) mass is 339 g/mol. The fourth-order valence-corrected chi connectivity index (χ4v) is 2.10. The molecule has 23 heavy (non-hydrogen) atoms. The fourth-order valence-electron chi connectivity index (χ4n) is 1.92. The summed E-state index contributed by atoms with van der Waals surface area (Å²) in [4.78, 5) is 12.3. The van der Waals surface area contributed by atoms with Crippen LogP contribution < -0.4 is 5.32 Å². The van der Waals surface area contributed by atoms with E-state index in [1.165, 1.54) is 24.4 Å². The fraction of sp³-hybridized carbons (Fsp3) is 0.375. The summed E-state index contributed by atoms with van der Waals surface area (Å²) in [6.07, 6.45) is 0.702. The largest absolute Gasteiger partial charge is 0.391 e. The Morgan fingerprint density at radius 2 is 2.17 bits per heavy atom. The third-order valence-corrected chi connectivity index (χ3v) is 3.84. The van der Waals surface area contributed by atoms with Crippen LogP contribution in [0, 0.1) is 11.2 Å². The number of rotatable bonds is 4. The van der Waals surface area contributed by atoms with E-state index < -0.39 is 11.9 Å². The molecule has 1 heterocycles. The highest BCUT2D eigenvalue weighted by molar-refractivity contribution is 6.31. The summed E-state index contributed by atoms with van der Waals surface area (Å²) in [5.41, 5.74) is 0.954. The maximum Gasteiger partial charge on any atom is 0.255 e. The van der Waals surface area contributed by atoms with E-state index in [-0.39, 0.29) is 22.9 Å². The maximum atomic E-state index is 13.3. The molecule has 0 aliphatic rings. The van der Waals surface area contributed by atoms with Crippen LogP contribution in [-0.4, -0.2) is 33.9 Å². The third-order valence-electron chi connectivity index (χ3n) is 3.55. The minimum Gasteiger partial charge on any atom is -0.391 e. The third kappa shape index (κ3) is 4.09. The van der Waals surface area contributed by atoms with E-state index >= 15 is 0 Å². The van der Waals surface area contributed by atoms with Gasteiger partial charge in [0, 0.05) is 12.1 Å². The Balaban J connectivity index is 2.17. The topological polar surface area (TPSA) is 78.0 Å². The van der Waals surface area contributed by atoms with Crippen LogP contribution in [0.25, 0.3) is 11.3 Å². The Hall–Kier alpha value is -1.92. The first-order chi connectivity index (χ1) is 10.7. The van der Waals surface area contributed by atoms with Crippen LogP contribution in [-0.2, 0) is 0 Å². The second-order valence-electron chi connectivity index (χ2n) is 6.38. The van der Waals surface area contributed by atoms with Gasteiger partial charge < -0.3 is 10.4 Å². The molecule has 124 valence electrons. The van der Waals surface area contributed by atoms with Gasteiger partial charge in [-0.1, -0.05) is 32.4 Å². The van der Waals surface area contributed by atoms with E-state index in [0.717, 1.165) is 0 Å². The van der Waals surface area contributed by atoms with Crippen molar-refractivity contribution in [3.63, 3.8) is 0 Å². The number of amides is 1. The van der Waals surface area contributed by atoms with Gasteiger partial charge in [0.15, 0.2) is 0 Å². The molecule has 1 atom stereocenters. The van der Waals surface area contributed by atoms with Crippen molar-refractivity contribution in [2.24, 2.45) is 5.41 Å².